The fraction of sp³-hybridized carbons (Fsp3) is 0.600. The Kier molecular flexibility index (Phi) is 4.19. The smallest absolute Gasteiger partial charge is 0.280 e. The minimum Gasteiger partial charge on any atom is -0.492 e. The van der Waals surface area contributed by atoms with Crippen LogP contribution in [-0.2, 0) is 16.6 Å². The van der Waals surface area contributed by atoms with Gasteiger partial charge in [0.05, 0.1) is 6.04 Å². The van der Waals surface area contributed by atoms with Gasteiger partial charge in [-0.25, -0.2) is 0 Å². The highest BCUT2D eigenvalue weighted by atomic mass is 32.2. The average Bonchev–Trinajstić information content (AvgIpc) is 2.47. The van der Waals surface area contributed by atoms with E-state index in [9.17, 15) is 8.42 Å². The number of fused-ring (bicyclic) bond motifs is 1. The molecule has 1 fully saturated rings. The zero-order chi connectivity index (χ0) is 14.9. The van der Waals surface area contributed by atoms with Crippen LogP contribution < -0.4 is 9.46 Å². The van der Waals surface area contributed by atoms with Crippen LogP contribution in [0.1, 0.15) is 31.7 Å². The van der Waals surface area contributed by atoms with Crippen LogP contribution in [0.3, 0.4) is 0 Å². The van der Waals surface area contributed by atoms with E-state index in [1.54, 1.807) is 4.31 Å². The molecule has 0 radical (unpaired) electrons. The summed E-state index contributed by atoms with van der Waals surface area (Å²) in [7, 11) is -3.43. The summed E-state index contributed by atoms with van der Waals surface area (Å²) in [6.07, 6.45) is 3.66. The van der Waals surface area contributed by atoms with Crippen molar-refractivity contribution in [3.05, 3.63) is 29.8 Å². The van der Waals surface area contributed by atoms with Crippen LogP contribution in [0.15, 0.2) is 24.3 Å². The molecule has 0 saturated carbocycles. The first-order valence-corrected chi connectivity index (χ1v) is 9.00. The number of nitrogens with zero attached hydrogens (tertiary/aromatic N) is 1. The molecule has 2 aliphatic heterocycles. The lowest BCUT2D eigenvalue weighted by molar-refractivity contribution is 0.238. The number of piperidine rings is 1. The van der Waals surface area contributed by atoms with Crippen LogP contribution in [0.25, 0.3) is 0 Å². The van der Waals surface area contributed by atoms with Crippen LogP contribution in [-0.4, -0.2) is 38.0 Å². The maximum absolute atomic E-state index is 12.5. The normalized spacial score (nSPS) is 26.9. The second-order valence-electron chi connectivity index (χ2n) is 5.90. The van der Waals surface area contributed by atoms with Gasteiger partial charge in [-0.05, 0) is 37.8 Å². The lowest BCUT2D eigenvalue weighted by Gasteiger charge is -2.34. The molecule has 1 aromatic carbocycles. The SMILES string of the molecule is C[C@H]1CCCCN1S(=O)(=O)N[C@H]1COc2ccccc2C1. The number of hydrogen-bond donors (Lipinski definition) is 1. The summed E-state index contributed by atoms with van der Waals surface area (Å²) in [5.41, 5.74) is 1.06. The van der Waals surface area contributed by atoms with Gasteiger partial charge in [-0.2, -0.15) is 17.4 Å². The van der Waals surface area contributed by atoms with E-state index in [0.29, 0.717) is 19.6 Å². The standard InChI is InChI=1S/C15H22N2O3S/c1-12-6-4-5-9-17(12)21(18,19)16-14-10-13-7-2-3-8-15(13)20-11-14/h2-3,7-8,12,14,16H,4-6,9-11H2,1H3/t12-,14+/m0/s1. The molecule has 2 atom stereocenters. The molecule has 0 aromatic heterocycles. The summed E-state index contributed by atoms with van der Waals surface area (Å²) in [4.78, 5) is 0. The van der Waals surface area contributed by atoms with Crippen LogP contribution in [0.2, 0.25) is 0 Å². The van der Waals surface area contributed by atoms with Gasteiger partial charge in [0.15, 0.2) is 0 Å². The van der Waals surface area contributed by atoms with Gasteiger partial charge < -0.3 is 4.74 Å². The molecule has 1 aromatic rings. The van der Waals surface area contributed by atoms with Crippen molar-refractivity contribution in [2.45, 2.75) is 44.7 Å². The predicted octanol–water partition coefficient (Wildman–Crippen LogP) is 1.70. The molecule has 3 rings (SSSR count). The van der Waals surface area contributed by atoms with Gasteiger partial charge in [0.25, 0.3) is 10.2 Å². The summed E-state index contributed by atoms with van der Waals surface area (Å²) in [6.45, 7) is 2.98. The van der Waals surface area contributed by atoms with E-state index in [1.165, 1.54) is 0 Å². The lowest BCUT2D eigenvalue weighted by Crippen LogP contribution is -2.53. The third kappa shape index (κ3) is 3.22. The Hall–Kier alpha value is -1.11. The van der Waals surface area contributed by atoms with Gasteiger partial charge in [0.1, 0.15) is 12.4 Å². The van der Waals surface area contributed by atoms with E-state index >= 15 is 0 Å². The Labute approximate surface area is 126 Å². The van der Waals surface area contributed by atoms with E-state index in [2.05, 4.69) is 4.72 Å². The molecule has 0 aliphatic carbocycles. The maximum Gasteiger partial charge on any atom is 0.280 e. The summed E-state index contributed by atoms with van der Waals surface area (Å²) in [5.74, 6) is 0.860. The minimum atomic E-state index is -3.43. The van der Waals surface area contributed by atoms with Crippen molar-refractivity contribution < 1.29 is 13.2 Å². The highest BCUT2D eigenvalue weighted by molar-refractivity contribution is 7.87. The molecule has 0 unspecified atom stereocenters. The van der Waals surface area contributed by atoms with Crippen molar-refractivity contribution in [2.75, 3.05) is 13.2 Å². The number of para-hydroxylation sites is 1. The topological polar surface area (TPSA) is 58.6 Å². The zero-order valence-corrected chi connectivity index (χ0v) is 13.1. The van der Waals surface area contributed by atoms with Gasteiger partial charge >= 0.3 is 0 Å². The first-order valence-electron chi connectivity index (χ1n) is 7.56. The molecule has 6 heteroatoms. The van der Waals surface area contributed by atoms with Gasteiger partial charge in [-0.15, -0.1) is 0 Å². The Morgan fingerprint density at radius 1 is 1.29 bits per heavy atom. The van der Waals surface area contributed by atoms with Crippen molar-refractivity contribution in [3.63, 3.8) is 0 Å². The molecule has 1 saturated heterocycles. The second kappa shape index (κ2) is 5.94. The van der Waals surface area contributed by atoms with E-state index in [4.69, 9.17) is 4.74 Å². The Balaban J connectivity index is 1.69. The van der Waals surface area contributed by atoms with Crippen molar-refractivity contribution >= 4 is 10.2 Å². The quantitative estimate of drug-likeness (QED) is 0.924. The summed E-state index contributed by atoms with van der Waals surface area (Å²) in [5, 5.41) is 0. The molecular weight excluding hydrogens is 288 g/mol. The lowest BCUT2D eigenvalue weighted by atomic mass is 10.0. The van der Waals surface area contributed by atoms with E-state index < -0.39 is 10.2 Å². The number of ether oxygens (including phenoxy) is 1. The van der Waals surface area contributed by atoms with Crippen LogP contribution >= 0.6 is 0 Å². The van der Waals surface area contributed by atoms with E-state index in [-0.39, 0.29) is 12.1 Å². The average molecular weight is 310 g/mol. The third-order valence-corrected chi connectivity index (χ3v) is 6.04. The third-order valence-electron chi connectivity index (χ3n) is 4.25. The fourth-order valence-electron chi connectivity index (χ4n) is 3.11. The number of nitrogens with one attached hydrogen (secondary N) is 1. The highest BCUT2D eigenvalue weighted by Crippen LogP contribution is 2.25. The highest BCUT2D eigenvalue weighted by Gasteiger charge is 2.32. The Bertz CT molecular complexity index is 603. The van der Waals surface area contributed by atoms with Crippen molar-refractivity contribution in [1.29, 1.82) is 0 Å². The summed E-state index contributed by atoms with van der Waals surface area (Å²) in [6, 6.07) is 7.67. The van der Waals surface area contributed by atoms with Gasteiger partial charge in [-0.3, -0.25) is 0 Å². The first kappa shape index (κ1) is 14.8. The Morgan fingerprint density at radius 3 is 2.90 bits per heavy atom. The maximum atomic E-state index is 12.5. The van der Waals surface area contributed by atoms with Gasteiger partial charge in [0, 0.05) is 12.6 Å². The van der Waals surface area contributed by atoms with Crippen LogP contribution in [0.5, 0.6) is 5.75 Å². The fourth-order valence-corrected chi connectivity index (χ4v) is 4.77. The van der Waals surface area contributed by atoms with E-state index in [1.807, 2.05) is 31.2 Å². The van der Waals surface area contributed by atoms with Crippen molar-refractivity contribution in [1.82, 2.24) is 9.03 Å². The molecule has 0 bridgehead atoms. The molecule has 0 spiro atoms. The summed E-state index contributed by atoms with van der Waals surface area (Å²) >= 11 is 0. The second-order valence-corrected chi connectivity index (χ2v) is 7.55. The molecule has 116 valence electrons. The molecule has 2 heterocycles. The molecule has 2 aliphatic rings. The largest absolute Gasteiger partial charge is 0.492 e. The summed E-state index contributed by atoms with van der Waals surface area (Å²) < 4.78 is 35.1. The van der Waals surface area contributed by atoms with Crippen molar-refractivity contribution in [2.24, 2.45) is 0 Å². The van der Waals surface area contributed by atoms with Crippen molar-refractivity contribution in [3.8, 4) is 5.75 Å². The monoisotopic (exact) mass is 310 g/mol. The number of rotatable bonds is 3. The number of benzene rings is 1. The van der Waals surface area contributed by atoms with Crippen LogP contribution in [0, 0.1) is 0 Å². The van der Waals surface area contributed by atoms with E-state index in [0.717, 1.165) is 30.6 Å². The van der Waals surface area contributed by atoms with Gasteiger partial charge in [0.2, 0.25) is 0 Å². The van der Waals surface area contributed by atoms with Gasteiger partial charge in [-0.1, -0.05) is 24.6 Å². The predicted molar refractivity (Wildman–Crippen MR) is 81.5 cm³/mol. The molecule has 21 heavy (non-hydrogen) atoms. The number of hydrogen-bond acceptors (Lipinski definition) is 3. The first-order chi connectivity index (χ1) is 10.1. The Morgan fingerprint density at radius 2 is 2.10 bits per heavy atom. The zero-order valence-electron chi connectivity index (χ0n) is 12.3. The molecular formula is C15H22N2O3S. The molecule has 0 amide bonds. The molecule has 1 N–H and O–H groups in total. The molecule has 5 nitrogen and oxygen atoms in total. The van der Waals surface area contributed by atoms with Crippen LogP contribution in [0.4, 0.5) is 0 Å². The minimum absolute atomic E-state index is 0.0769.